The fourth-order valence-corrected chi connectivity index (χ4v) is 10.2. The third-order valence-electron chi connectivity index (χ3n) is 3.59. The number of rotatable bonds is 6. The molecule has 0 aliphatic rings. The van der Waals surface area contributed by atoms with Crippen LogP contribution >= 0.6 is 0 Å². The Bertz CT molecular complexity index is 129. The van der Waals surface area contributed by atoms with Crippen molar-refractivity contribution in [3.05, 3.63) is 4.65 Å². The van der Waals surface area contributed by atoms with Crippen molar-refractivity contribution < 1.29 is 29.6 Å². The first-order valence-electron chi connectivity index (χ1n) is 5.69. The first kappa shape index (κ1) is 17.8. The fraction of sp³-hybridized carbons (Fsp3) is 1.00. The summed E-state index contributed by atoms with van der Waals surface area (Å²) in [6.07, 6.45) is 0. The Kier molecular flexibility index (Phi) is 9.69. The second-order valence-corrected chi connectivity index (χ2v) is 14.2. The first-order chi connectivity index (χ1) is 5.95. The van der Waals surface area contributed by atoms with Crippen LogP contribution in [0.5, 0.6) is 0 Å². The Morgan fingerprint density at radius 2 is 0.929 bits per heavy atom. The second kappa shape index (κ2) is 7.63. The molecule has 0 N–H and O–H groups in total. The summed E-state index contributed by atoms with van der Waals surface area (Å²) in [6.45, 7) is 14.2. The Labute approximate surface area is 115 Å². The van der Waals surface area contributed by atoms with Crippen LogP contribution in [0.2, 0.25) is 37.3 Å². The van der Waals surface area contributed by atoms with Crippen molar-refractivity contribution in [2.45, 2.75) is 65.0 Å². The molecule has 0 radical (unpaired) electrons. The standard InChI is InChI=1S/C10H26NSi2.Na/c1-7-12(5,8-2)11-13(6,9-3)10-4;/h7-10H2,1-6H3;/q-1;+1. The van der Waals surface area contributed by atoms with E-state index in [1.54, 1.807) is 0 Å². The van der Waals surface area contributed by atoms with Gasteiger partial charge in [-0.25, -0.2) is 0 Å². The van der Waals surface area contributed by atoms with E-state index >= 15 is 0 Å². The van der Waals surface area contributed by atoms with E-state index in [4.69, 9.17) is 4.65 Å². The van der Waals surface area contributed by atoms with Crippen LogP contribution < -0.4 is 29.6 Å². The van der Waals surface area contributed by atoms with E-state index in [9.17, 15) is 0 Å². The maximum atomic E-state index is 5.29. The topological polar surface area (TPSA) is 14.1 Å². The van der Waals surface area contributed by atoms with Gasteiger partial charge in [-0.1, -0.05) is 81.4 Å². The normalized spacial score (nSPS) is 12.4. The van der Waals surface area contributed by atoms with Crippen LogP contribution in [0, 0.1) is 0 Å². The van der Waals surface area contributed by atoms with Gasteiger partial charge in [-0.05, 0) is 0 Å². The quantitative estimate of drug-likeness (QED) is 0.625. The molecule has 0 aromatic heterocycles. The molecule has 0 amide bonds. The molecule has 14 heavy (non-hydrogen) atoms. The maximum Gasteiger partial charge on any atom is 1.00 e. The van der Waals surface area contributed by atoms with Crippen molar-refractivity contribution in [3.8, 4) is 0 Å². The van der Waals surface area contributed by atoms with Crippen molar-refractivity contribution in [1.29, 1.82) is 0 Å². The summed E-state index contributed by atoms with van der Waals surface area (Å²) in [5, 5.41) is 0. The van der Waals surface area contributed by atoms with Crippen LogP contribution in [-0.4, -0.2) is 16.5 Å². The predicted molar refractivity (Wildman–Crippen MR) is 68.5 cm³/mol. The predicted octanol–water partition coefficient (Wildman–Crippen LogP) is 1.59. The van der Waals surface area contributed by atoms with Gasteiger partial charge in [-0.3, -0.25) is 0 Å². The Balaban J connectivity index is 0. The second-order valence-electron chi connectivity index (χ2n) is 4.52. The summed E-state index contributed by atoms with van der Waals surface area (Å²) < 4.78 is 5.29. The van der Waals surface area contributed by atoms with E-state index in [2.05, 4.69) is 40.8 Å². The van der Waals surface area contributed by atoms with Crippen LogP contribution in [0.15, 0.2) is 0 Å². The SMILES string of the molecule is CC[Si](C)(CC)[N-][Si](C)(CC)CC.[Na+]. The van der Waals surface area contributed by atoms with Gasteiger partial charge in [-0.2, -0.15) is 0 Å². The average Bonchev–Trinajstić information content (AvgIpc) is 2.17. The van der Waals surface area contributed by atoms with Crippen molar-refractivity contribution in [2.24, 2.45) is 0 Å². The molecule has 0 unspecified atom stereocenters. The van der Waals surface area contributed by atoms with Crippen LogP contribution in [0.4, 0.5) is 0 Å². The van der Waals surface area contributed by atoms with Crippen LogP contribution in [-0.2, 0) is 0 Å². The van der Waals surface area contributed by atoms with Crippen molar-refractivity contribution in [2.75, 3.05) is 0 Å². The third kappa shape index (κ3) is 5.47. The van der Waals surface area contributed by atoms with E-state index in [-0.39, 0.29) is 29.6 Å². The summed E-state index contributed by atoms with van der Waals surface area (Å²) >= 11 is 0. The number of hydrogen-bond acceptors (Lipinski definition) is 0. The summed E-state index contributed by atoms with van der Waals surface area (Å²) in [4.78, 5) is 0. The summed E-state index contributed by atoms with van der Waals surface area (Å²) in [6, 6.07) is 5.30. The minimum atomic E-state index is -1.19. The van der Waals surface area contributed by atoms with Gasteiger partial charge < -0.3 is 4.65 Å². The molecule has 0 fully saturated rings. The molecule has 0 saturated heterocycles. The first-order valence-corrected chi connectivity index (χ1v) is 11.4. The zero-order valence-corrected chi connectivity index (χ0v) is 15.3. The van der Waals surface area contributed by atoms with Crippen LogP contribution in [0.3, 0.4) is 0 Å². The van der Waals surface area contributed by atoms with E-state index in [0.717, 1.165) is 0 Å². The molecule has 0 aliphatic heterocycles. The molecule has 0 rings (SSSR count). The Hall–Kier alpha value is 1.39. The van der Waals surface area contributed by atoms with Gasteiger partial charge >= 0.3 is 29.6 Å². The zero-order valence-electron chi connectivity index (χ0n) is 11.3. The maximum absolute atomic E-state index is 5.29. The largest absolute Gasteiger partial charge is 1.00 e. The van der Waals surface area contributed by atoms with E-state index in [1.807, 2.05) is 0 Å². The van der Waals surface area contributed by atoms with Crippen molar-refractivity contribution in [3.63, 3.8) is 0 Å². The molecular weight excluding hydrogens is 213 g/mol. The minimum absolute atomic E-state index is 0. The van der Waals surface area contributed by atoms with Gasteiger partial charge in [0.15, 0.2) is 0 Å². The molecule has 0 spiro atoms. The van der Waals surface area contributed by atoms with E-state index in [0.29, 0.717) is 0 Å². The molecule has 0 bridgehead atoms. The van der Waals surface area contributed by atoms with Gasteiger partial charge in [0.1, 0.15) is 0 Å². The smallest absolute Gasteiger partial charge is 0.667 e. The summed E-state index contributed by atoms with van der Waals surface area (Å²) in [5.41, 5.74) is 0. The van der Waals surface area contributed by atoms with Crippen LogP contribution in [0.25, 0.3) is 4.65 Å². The fourth-order valence-electron chi connectivity index (χ4n) is 1.47. The minimum Gasteiger partial charge on any atom is -0.667 e. The monoisotopic (exact) mass is 239 g/mol. The average molecular weight is 239 g/mol. The number of hydrogen-bond donors (Lipinski definition) is 0. The van der Waals surface area contributed by atoms with Gasteiger partial charge in [0.2, 0.25) is 0 Å². The van der Waals surface area contributed by atoms with Gasteiger partial charge in [0, 0.05) is 0 Å². The Morgan fingerprint density at radius 3 is 1.07 bits per heavy atom. The molecule has 1 nitrogen and oxygen atoms in total. The molecule has 0 saturated carbocycles. The molecule has 0 heterocycles. The Morgan fingerprint density at radius 1 is 0.714 bits per heavy atom. The zero-order chi connectivity index (χ0) is 10.5. The molecule has 0 aliphatic carbocycles. The molecule has 80 valence electrons. The molecule has 0 atom stereocenters. The van der Waals surface area contributed by atoms with Gasteiger partial charge in [-0.15, -0.1) is 0 Å². The van der Waals surface area contributed by atoms with Gasteiger partial charge in [0.25, 0.3) is 0 Å². The molecule has 0 aromatic carbocycles. The molecular formula is C10H26NNaSi2. The number of nitrogens with zero attached hydrogens (tertiary/aromatic N) is 1. The van der Waals surface area contributed by atoms with E-state index in [1.165, 1.54) is 24.2 Å². The van der Waals surface area contributed by atoms with Crippen LogP contribution in [0.1, 0.15) is 27.7 Å². The van der Waals surface area contributed by atoms with Crippen molar-refractivity contribution >= 4 is 16.5 Å². The summed E-state index contributed by atoms with van der Waals surface area (Å²) in [7, 11) is -2.38. The van der Waals surface area contributed by atoms with Gasteiger partial charge in [0.05, 0.1) is 0 Å². The molecule has 0 aromatic rings. The summed E-state index contributed by atoms with van der Waals surface area (Å²) in [5.74, 6) is 0. The van der Waals surface area contributed by atoms with E-state index < -0.39 is 16.5 Å². The third-order valence-corrected chi connectivity index (χ3v) is 14.0. The molecule has 4 heteroatoms. The van der Waals surface area contributed by atoms with Crippen molar-refractivity contribution in [1.82, 2.24) is 0 Å².